The molecular weight excluding hydrogens is 236 g/mol. The van der Waals surface area contributed by atoms with Crippen LogP contribution in [0.3, 0.4) is 0 Å². The van der Waals surface area contributed by atoms with Crippen LogP contribution >= 0.6 is 0 Å². The molecule has 100 valence electrons. The van der Waals surface area contributed by atoms with E-state index in [1.54, 1.807) is 0 Å². The average molecular weight is 256 g/mol. The minimum atomic E-state index is 0.00673. The zero-order valence-corrected chi connectivity index (χ0v) is 11.6. The largest absolute Gasteiger partial charge is 0.490 e. The maximum Gasteiger partial charge on any atom is 0.127 e. The first-order valence-corrected chi connectivity index (χ1v) is 6.92. The van der Waals surface area contributed by atoms with Crippen molar-refractivity contribution < 1.29 is 9.47 Å². The molecule has 2 nitrogen and oxygen atoms in total. The first kappa shape index (κ1) is 12.5. The summed E-state index contributed by atoms with van der Waals surface area (Å²) in [5.41, 5.74) is 0.00673. The van der Waals surface area contributed by atoms with Crippen molar-refractivity contribution in [2.45, 2.75) is 38.4 Å². The van der Waals surface area contributed by atoms with Crippen molar-refractivity contribution in [2.24, 2.45) is 0 Å². The summed E-state index contributed by atoms with van der Waals surface area (Å²) >= 11 is 0. The van der Waals surface area contributed by atoms with E-state index in [1.165, 1.54) is 10.8 Å². The molecule has 0 aliphatic carbocycles. The highest BCUT2D eigenvalue weighted by Gasteiger charge is 2.31. The predicted molar refractivity (Wildman–Crippen MR) is 77.6 cm³/mol. The molecule has 0 bridgehead atoms. The quantitative estimate of drug-likeness (QED) is 0.820. The number of rotatable bonds is 3. The van der Waals surface area contributed by atoms with Crippen LogP contribution in [0.2, 0.25) is 0 Å². The van der Waals surface area contributed by atoms with Crippen LogP contribution in [0.4, 0.5) is 0 Å². The molecule has 0 saturated carbocycles. The summed E-state index contributed by atoms with van der Waals surface area (Å²) in [7, 11) is 0. The average Bonchev–Trinajstić information content (AvgIpc) is 2.76. The van der Waals surface area contributed by atoms with Crippen LogP contribution in [-0.4, -0.2) is 18.3 Å². The molecule has 0 radical (unpaired) electrons. The van der Waals surface area contributed by atoms with Crippen molar-refractivity contribution in [1.82, 2.24) is 0 Å². The first-order chi connectivity index (χ1) is 9.14. The number of benzene rings is 2. The number of ether oxygens (including phenoxy) is 2. The Morgan fingerprint density at radius 1 is 1.16 bits per heavy atom. The van der Waals surface area contributed by atoms with Crippen LogP contribution in [0.1, 0.15) is 26.7 Å². The molecule has 1 atom stereocenters. The summed E-state index contributed by atoms with van der Waals surface area (Å²) in [6.45, 7) is 4.92. The molecule has 0 aromatic heterocycles. The van der Waals surface area contributed by atoms with Gasteiger partial charge < -0.3 is 9.47 Å². The third-order valence-corrected chi connectivity index (χ3v) is 3.73. The van der Waals surface area contributed by atoms with Crippen molar-refractivity contribution in [2.75, 3.05) is 6.61 Å². The van der Waals surface area contributed by atoms with Crippen molar-refractivity contribution in [1.29, 1.82) is 0 Å². The van der Waals surface area contributed by atoms with Gasteiger partial charge >= 0.3 is 0 Å². The zero-order valence-electron chi connectivity index (χ0n) is 11.6. The number of hydrogen-bond donors (Lipinski definition) is 0. The van der Waals surface area contributed by atoms with Gasteiger partial charge in [-0.1, -0.05) is 36.4 Å². The topological polar surface area (TPSA) is 18.5 Å². The Kier molecular flexibility index (Phi) is 3.19. The summed E-state index contributed by atoms with van der Waals surface area (Å²) < 4.78 is 11.9. The van der Waals surface area contributed by atoms with Gasteiger partial charge in [0.25, 0.3) is 0 Å². The van der Waals surface area contributed by atoms with Crippen molar-refractivity contribution in [3.8, 4) is 5.75 Å². The lowest BCUT2D eigenvalue weighted by Crippen LogP contribution is -2.23. The maximum absolute atomic E-state index is 5.97. The summed E-state index contributed by atoms with van der Waals surface area (Å²) in [4.78, 5) is 0. The molecule has 2 aromatic carbocycles. The molecule has 1 saturated heterocycles. The highest BCUT2D eigenvalue weighted by molar-refractivity contribution is 5.88. The summed E-state index contributed by atoms with van der Waals surface area (Å²) in [5.74, 6) is 0.950. The lowest BCUT2D eigenvalue weighted by Gasteiger charge is -2.19. The SMILES string of the molecule is CC1(C)CCC(COc2cccc3ccccc23)O1. The summed E-state index contributed by atoms with van der Waals surface area (Å²) in [6, 6.07) is 14.5. The zero-order chi connectivity index (χ0) is 13.3. The van der Waals surface area contributed by atoms with Crippen molar-refractivity contribution in [3.63, 3.8) is 0 Å². The van der Waals surface area contributed by atoms with Gasteiger partial charge in [-0.15, -0.1) is 0 Å². The van der Waals surface area contributed by atoms with Gasteiger partial charge in [0, 0.05) is 5.39 Å². The Balaban J connectivity index is 1.72. The minimum Gasteiger partial charge on any atom is -0.490 e. The van der Waals surface area contributed by atoms with Gasteiger partial charge in [-0.05, 0) is 38.1 Å². The Morgan fingerprint density at radius 2 is 1.95 bits per heavy atom. The maximum atomic E-state index is 5.97. The second-order valence-corrected chi connectivity index (χ2v) is 5.83. The van der Waals surface area contributed by atoms with E-state index >= 15 is 0 Å². The highest BCUT2D eigenvalue weighted by Crippen LogP contribution is 2.31. The van der Waals surface area contributed by atoms with Crippen LogP contribution in [0.15, 0.2) is 42.5 Å². The Bertz CT molecular complexity index is 569. The fraction of sp³-hybridized carbons (Fsp3) is 0.412. The van der Waals surface area contributed by atoms with Gasteiger partial charge in [-0.3, -0.25) is 0 Å². The fourth-order valence-electron chi connectivity index (χ4n) is 2.70. The molecule has 2 aromatic rings. The molecule has 3 rings (SSSR count). The second kappa shape index (κ2) is 4.86. The fourth-order valence-corrected chi connectivity index (χ4v) is 2.70. The van der Waals surface area contributed by atoms with Gasteiger partial charge in [-0.25, -0.2) is 0 Å². The molecule has 1 aliphatic rings. The van der Waals surface area contributed by atoms with Gasteiger partial charge in [0.1, 0.15) is 12.4 Å². The molecule has 1 unspecified atom stereocenters. The number of fused-ring (bicyclic) bond motifs is 1. The monoisotopic (exact) mass is 256 g/mol. The Hall–Kier alpha value is -1.54. The first-order valence-electron chi connectivity index (χ1n) is 6.92. The van der Waals surface area contributed by atoms with Crippen LogP contribution in [0, 0.1) is 0 Å². The Morgan fingerprint density at radius 3 is 2.74 bits per heavy atom. The van der Waals surface area contributed by atoms with E-state index in [9.17, 15) is 0 Å². The van der Waals surface area contributed by atoms with Crippen LogP contribution in [-0.2, 0) is 4.74 Å². The van der Waals surface area contributed by atoms with Gasteiger partial charge in [0.15, 0.2) is 0 Å². The smallest absolute Gasteiger partial charge is 0.127 e. The molecule has 1 aliphatic heterocycles. The predicted octanol–water partition coefficient (Wildman–Crippen LogP) is 4.18. The van der Waals surface area contributed by atoms with E-state index in [1.807, 2.05) is 18.2 Å². The van der Waals surface area contributed by atoms with E-state index in [2.05, 4.69) is 38.1 Å². The van der Waals surface area contributed by atoms with E-state index in [4.69, 9.17) is 9.47 Å². The molecular formula is C17H20O2. The molecule has 19 heavy (non-hydrogen) atoms. The van der Waals surface area contributed by atoms with Crippen molar-refractivity contribution >= 4 is 10.8 Å². The molecule has 0 N–H and O–H groups in total. The summed E-state index contributed by atoms with van der Waals surface area (Å²) in [5, 5.41) is 2.38. The third-order valence-electron chi connectivity index (χ3n) is 3.73. The van der Waals surface area contributed by atoms with E-state index in [0.29, 0.717) is 6.61 Å². The second-order valence-electron chi connectivity index (χ2n) is 5.83. The van der Waals surface area contributed by atoms with Crippen LogP contribution < -0.4 is 4.74 Å². The standard InChI is InChI=1S/C17H20O2/c1-17(2)11-10-14(19-17)12-18-16-9-5-7-13-6-3-4-8-15(13)16/h3-9,14H,10-12H2,1-2H3. The molecule has 2 heteroatoms. The lowest BCUT2D eigenvalue weighted by molar-refractivity contribution is -0.0324. The third kappa shape index (κ3) is 2.74. The van der Waals surface area contributed by atoms with E-state index < -0.39 is 0 Å². The lowest BCUT2D eigenvalue weighted by atomic mass is 10.1. The van der Waals surface area contributed by atoms with E-state index in [0.717, 1.165) is 18.6 Å². The van der Waals surface area contributed by atoms with Crippen molar-refractivity contribution in [3.05, 3.63) is 42.5 Å². The van der Waals surface area contributed by atoms with Crippen LogP contribution in [0.5, 0.6) is 5.75 Å². The highest BCUT2D eigenvalue weighted by atomic mass is 16.6. The van der Waals surface area contributed by atoms with Gasteiger partial charge in [0.05, 0.1) is 11.7 Å². The van der Waals surface area contributed by atoms with E-state index in [-0.39, 0.29) is 11.7 Å². The normalized spacial score (nSPS) is 21.7. The molecule has 0 spiro atoms. The Labute approximate surface area is 114 Å². The minimum absolute atomic E-state index is 0.00673. The van der Waals surface area contributed by atoms with Crippen LogP contribution in [0.25, 0.3) is 10.8 Å². The molecule has 0 amide bonds. The number of hydrogen-bond acceptors (Lipinski definition) is 2. The molecule has 1 heterocycles. The molecule has 1 fully saturated rings. The van der Waals surface area contributed by atoms with Gasteiger partial charge in [-0.2, -0.15) is 0 Å². The summed E-state index contributed by atoms with van der Waals surface area (Å²) in [6.07, 6.45) is 2.41. The van der Waals surface area contributed by atoms with Gasteiger partial charge in [0.2, 0.25) is 0 Å².